The van der Waals surface area contributed by atoms with Crippen molar-refractivity contribution in [1.29, 1.82) is 0 Å². The molecule has 1 aromatic heterocycles. The second-order valence-corrected chi connectivity index (χ2v) is 5.64. The van der Waals surface area contributed by atoms with Gasteiger partial charge in [-0.15, -0.1) is 10.2 Å². The van der Waals surface area contributed by atoms with Gasteiger partial charge in [-0.3, -0.25) is 0 Å². The molecule has 1 heterocycles. The summed E-state index contributed by atoms with van der Waals surface area (Å²) in [6.07, 6.45) is 10.3. The summed E-state index contributed by atoms with van der Waals surface area (Å²) in [6, 6.07) is 0. The van der Waals surface area contributed by atoms with Gasteiger partial charge >= 0.3 is 0 Å². The van der Waals surface area contributed by atoms with E-state index in [-0.39, 0.29) is 0 Å². The van der Waals surface area contributed by atoms with Gasteiger partial charge in [0.25, 0.3) is 0 Å². The number of aromatic nitrogens is 4. The molecule has 0 amide bonds. The molecule has 0 saturated heterocycles. The van der Waals surface area contributed by atoms with E-state index < -0.39 is 0 Å². The van der Waals surface area contributed by atoms with Crippen molar-refractivity contribution in [3.8, 4) is 0 Å². The molecule has 18 heavy (non-hydrogen) atoms. The van der Waals surface area contributed by atoms with Crippen LogP contribution in [0.15, 0.2) is 0 Å². The predicted octanol–water partition coefficient (Wildman–Crippen LogP) is 4.08. The summed E-state index contributed by atoms with van der Waals surface area (Å²) in [6.45, 7) is 6.82. The minimum atomic E-state index is 0.499. The predicted molar refractivity (Wildman–Crippen MR) is 74.4 cm³/mol. The third kappa shape index (κ3) is 6.12. The van der Waals surface area contributed by atoms with Gasteiger partial charge in [0, 0.05) is 5.92 Å². The fourth-order valence-corrected chi connectivity index (χ4v) is 2.39. The first kappa shape index (κ1) is 15.1. The summed E-state index contributed by atoms with van der Waals surface area (Å²) in [5, 5.41) is 14.5. The molecule has 0 aliphatic heterocycles. The number of tetrazole rings is 1. The molecule has 1 atom stereocenters. The molecule has 4 nitrogen and oxygen atoms in total. The summed E-state index contributed by atoms with van der Waals surface area (Å²) < 4.78 is 0. The largest absolute Gasteiger partial charge is 0.177 e. The molecule has 0 bridgehead atoms. The molecule has 1 unspecified atom stereocenters. The zero-order valence-electron chi connectivity index (χ0n) is 12.2. The Morgan fingerprint density at radius 1 is 1.00 bits per heavy atom. The molecule has 1 rings (SSSR count). The highest BCUT2D eigenvalue weighted by Gasteiger charge is 2.14. The van der Waals surface area contributed by atoms with Gasteiger partial charge in [-0.05, 0) is 18.8 Å². The number of nitrogens with one attached hydrogen (secondary N) is 1. The number of H-pyrrole nitrogens is 1. The Morgan fingerprint density at radius 2 is 1.72 bits per heavy atom. The first-order valence-electron chi connectivity index (χ1n) is 7.47. The Balaban J connectivity index is 2.15. The van der Waals surface area contributed by atoms with Crippen LogP contribution in [0.25, 0.3) is 0 Å². The monoisotopic (exact) mass is 252 g/mol. The van der Waals surface area contributed by atoms with Crippen LogP contribution in [0.1, 0.15) is 83.9 Å². The van der Waals surface area contributed by atoms with Crippen LogP contribution in [0.3, 0.4) is 0 Å². The zero-order chi connectivity index (χ0) is 13.2. The van der Waals surface area contributed by atoms with Crippen LogP contribution in [0.4, 0.5) is 0 Å². The van der Waals surface area contributed by atoms with Crippen LogP contribution in [0.5, 0.6) is 0 Å². The Hall–Kier alpha value is -0.930. The van der Waals surface area contributed by atoms with Crippen molar-refractivity contribution >= 4 is 0 Å². The molecule has 0 spiro atoms. The quantitative estimate of drug-likeness (QED) is 0.638. The van der Waals surface area contributed by atoms with E-state index in [4.69, 9.17) is 0 Å². The van der Waals surface area contributed by atoms with Crippen molar-refractivity contribution in [3.05, 3.63) is 5.82 Å². The van der Waals surface area contributed by atoms with E-state index in [1.54, 1.807) is 0 Å². The first-order chi connectivity index (χ1) is 8.74. The molecule has 0 saturated carbocycles. The Morgan fingerprint density at radius 3 is 2.28 bits per heavy atom. The molecule has 104 valence electrons. The summed E-state index contributed by atoms with van der Waals surface area (Å²) in [4.78, 5) is 0. The highest BCUT2D eigenvalue weighted by molar-refractivity contribution is 4.90. The van der Waals surface area contributed by atoms with Gasteiger partial charge in [0.2, 0.25) is 0 Å². The topological polar surface area (TPSA) is 54.5 Å². The molecular weight excluding hydrogens is 224 g/mol. The first-order valence-corrected chi connectivity index (χ1v) is 7.47. The number of nitrogens with zero attached hydrogens (tertiary/aromatic N) is 3. The normalized spacial score (nSPS) is 13.1. The molecule has 0 fully saturated rings. The van der Waals surface area contributed by atoms with Crippen LogP contribution in [0.2, 0.25) is 0 Å². The van der Waals surface area contributed by atoms with Gasteiger partial charge in [-0.1, -0.05) is 64.5 Å². The Labute approximate surface area is 111 Å². The molecule has 0 aliphatic carbocycles. The van der Waals surface area contributed by atoms with Gasteiger partial charge < -0.3 is 0 Å². The van der Waals surface area contributed by atoms with Gasteiger partial charge in [0.1, 0.15) is 0 Å². The van der Waals surface area contributed by atoms with E-state index >= 15 is 0 Å². The van der Waals surface area contributed by atoms with E-state index in [0.717, 1.165) is 11.7 Å². The van der Waals surface area contributed by atoms with Gasteiger partial charge in [-0.2, -0.15) is 5.21 Å². The number of hydrogen-bond donors (Lipinski definition) is 1. The molecule has 0 aromatic carbocycles. The Bertz CT molecular complexity index is 282. The van der Waals surface area contributed by atoms with Crippen LogP contribution >= 0.6 is 0 Å². The van der Waals surface area contributed by atoms with Gasteiger partial charge in [0.15, 0.2) is 5.82 Å². The van der Waals surface area contributed by atoms with Crippen LogP contribution in [-0.2, 0) is 0 Å². The average molecular weight is 252 g/mol. The maximum Gasteiger partial charge on any atom is 0.177 e. The average Bonchev–Trinajstić information content (AvgIpc) is 2.85. The lowest BCUT2D eigenvalue weighted by atomic mass is 9.95. The number of rotatable bonds is 10. The van der Waals surface area contributed by atoms with E-state index in [0.29, 0.717) is 5.92 Å². The Kier molecular flexibility index (Phi) is 7.62. The third-order valence-electron chi connectivity index (χ3n) is 3.45. The van der Waals surface area contributed by atoms with Crippen LogP contribution in [-0.4, -0.2) is 20.6 Å². The van der Waals surface area contributed by atoms with Crippen molar-refractivity contribution in [2.75, 3.05) is 0 Å². The minimum absolute atomic E-state index is 0.499. The maximum atomic E-state index is 4.13. The lowest BCUT2D eigenvalue weighted by molar-refractivity contribution is 0.479. The molecule has 0 radical (unpaired) electrons. The fraction of sp³-hybridized carbons (Fsp3) is 0.929. The molecule has 1 N–H and O–H groups in total. The molecule has 0 aliphatic rings. The molecule has 1 aromatic rings. The standard InChI is InChI=1S/C14H28N4/c1-4-9-13(14-15-17-18-16-14)11-8-6-5-7-10-12(2)3/h12-13H,4-11H2,1-3H3,(H,15,16,17,18). The van der Waals surface area contributed by atoms with Gasteiger partial charge in [0.05, 0.1) is 0 Å². The molecule has 4 heteroatoms. The SMILES string of the molecule is CCCC(CCCCCCC(C)C)c1nn[nH]n1. The maximum absolute atomic E-state index is 4.13. The van der Waals surface area contributed by atoms with Crippen LogP contribution in [0, 0.1) is 5.92 Å². The van der Waals surface area contributed by atoms with E-state index in [9.17, 15) is 0 Å². The number of aromatic amines is 1. The highest BCUT2D eigenvalue weighted by atomic mass is 15.5. The van der Waals surface area contributed by atoms with Crippen LogP contribution < -0.4 is 0 Å². The fourth-order valence-electron chi connectivity index (χ4n) is 2.39. The molecular formula is C14H28N4. The lowest BCUT2D eigenvalue weighted by Crippen LogP contribution is -2.01. The van der Waals surface area contributed by atoms with Gasteiger partial charge in [-0.25, -0.2) is 0 Å². The summed E-state index contributed by atoms with van der Waals surface area (Å²) >= 11 is 0. The van der Waals surface area contributed by atoms with E-state index in [1.807, 2.05) is 0 Å². The van der Waals surface area contributed by atoms with Crippen molar-refractivity contribution in [2.45, 2.75) is 78.1 Å². The summed E-state index contributed by atoms with van der Waals surface area (Å²) in [5.74, 6) is 2.25. The number of hydrogen-bond acceptors (Lipinski definition) is 3. The second-order valence-electron chi connectivity index (χ2n) is 5.64. The minimum Gasteiger partial charge on any atom is -0.177 e. The van der Waals surface area contributed by atoms with Crippen molar-refractivity contribution in [3.63, 3.8) is 0 Å². The summed E-state index contributed by atoms with van der Waals surface area (Å²) in [7, 11) is 0. The lowest BCUT2D eigenvalue weighted by Gasteiger charge is -2.11. The van der Waals surface area contributed by atoms with E-state index in [1.165, 1.54) is 51.4 Å². The zero-order valence-corrected chi connectivity index (χ0v) is 12.2. The van der Waals surface area contributed by atoms with Crippen molar-refractivity contribution in [2.24, 2.45) is 5.92 Å². The van der Waals surface area contributed by atoms with E-state index in [2.05, 4.69) is 41.4 Å². The number of unbranched alkanes of at least 4 members (excludes halogenated alkanes) is 3. The smallest absolute Gasteiger partial charge is 0.177 e. The highest BCUT2D eigenvalue weighted by Crippen LogP contribution is 2.24. The summed E-state index contributed by atoms with van der Waals surface area (Å²) in [5.41, 5.74) is 0. The van der Waals surface area contributed by atoms with Crippen molar-refractivity contribution in [1.82, 2.24) is 20.6 Å². The second kappa shape index (κ2) is 9.06. The third-order valence-corrected chi connectivity index (χ3v) is 3.45. The van der Waals surface area contributed by atoms with Crippen molar-refractivity contribution < 1.29 is 0 Å².